The Morgan fingerprint density at radius 2 is 2.00 bits per heavy atom. The van der Waals surface area contributed by atoms with Crippen molar-refractivity contribution in [3.8, 4) is 5.75 Å². The smallest absolute Gasteiger partial charge is 0.387 e. The van der Waals surface area contributed by atoms with Gasteiger partial charge >= 0.3 is 6.61 Å². The number of aliphatic hydroxyl groups excluding tert-OH is 1. The molecule has 0 atom stereocenters. The summed E-state index contributed by atoms with van der Waals surface area (Å²) in [7, 11) is 0. The highest BCUT2D eigenvalue weighted by molar-refractivity contribution is 5.56. The minimum Gasteiger partial charge on any atom is -0.433 e. The van der Waals surface area contributed by atoms with Gasteiger partial charge in [0.25, 0.3) is 0 Å². The van der Waals surface area contributed by atoms with Gasteiger partial charge in [-0.1, -0.05) is 0 Å². The highest BCUT2D eigenvalue weighted by Crippen LogP contribution is 2.27. The number of hydrogen-bond acceptors (Lipinski definition) is 3. The number of ether oxygens (including phenoxy) is 1. The summed E-state index contributed by atoms with van der Waals surface area (Å²) in [5.74, 6) is -0.830. The predicted molar refractivity (Wildman–Crippen MR) is 62.5 cm³/mol. The third kappa shape index (κ3) is 5.27. The zero-order chi connectivity index (χ0) is 13.4. The first-order valence-electron chi connectivity index (χ1n) is 5.72. The Kier molecular flexibility index (Phi) is 6.35. The van der Waals surface area contributed by atoms with Crippen LogP contribution >= 0.6 is 0 Å². The largest absolute Gasteiger partial charge is 0.433 e. The normalized spacial score (nSPS) is 10.7. The summed E-state index contributed by atoms with van der Waals surface area (Å²) in [6, 6.07) is 3.45. The number of benzene rings is 1. The van der Waals surface area contributed by atoms with Crippen molar-refractivity contribution in [1.29, 1.82) is 0 Å². The summed E-state index contributed by atoms with van der Waals surface area (Å²) in [5, 5.41) is 11.5. The molecule has 0 heterocycles. The number of anilines is 1. The average Bonchev–Trinajstić information content (AvgIpc) is 2.30. The van der Waals surface area contributed by atoms with Crippen molar-refractivity contribution in [2.75, 3.05) is 18.5 Å². The summed E-state index contributed by atoms with van der Waals surface area (Å²) >= 11 is 0. The molecule has 1 aromatic rings. The molecule has 0 radical (unpaired) electrons. The highest BCUT2D eigenvalue weighted by Gasteiger charge is 2.10. The van der Waals surface area contributed by atoms with Gasteiger partial charge in [-0.25, -0.2) is 4.39 Å². The Balaban J connectivity index is 2.52. The standard InChI is InChI=1S/C12H16F3NO2/c13-9-4-5-10(11(8-9)18-12(14)15)16-6-2-1-3-7-17/h4-5,8,12,16-17H,1-3,6-7H2. The minimum atomic E-state index is -2.98. The van der Waals surface area contributed by atoms with Crippen LogP contribution in [0.5, 0.6) is 5.75 Å². The molecule has 0 spiro atoms. The molecule has 0 amide bonds. The molecule has 0 unspecified atom stereocenters. The maximum absolute atomic E-state index is 12.9. The zero-order valence-corrected chi connectivity index (χ0v) is 9.83. The van der Waals surface area contributed by atoms with E-state index in [9.17, 15) is 13.2 Å². The molecule has 102 valence electrons. The van der Waals surface area contributed by atoms with Crippen molar-refractivity contribution in [2.24, 2.45) is 0 Å². The van der Waals surface area contributed by atoms with Gasteiger partial charge in [-0.3, -0.25) is 0 Å². The fourth-order valence-electron chi connectivity index (χ4n) is 1.47. The van der Waals surface area contributed by atoms with Crippen molar-refractivity contribution < 1.29 is 23.0 Å². The molecule has 1 rings (SSSR count). The van der Waals surface area contributed by atoms with Gasteiger partial charge in [-0.05, 0) is 31.4 Å². The lowest BCUT2D eigenvalue weighted by Crippen LogP contribution is -2.08. The summed E-state index contributed by atoms with van der Waals surface area (Å²) in [4.78, 5) is 0. The molecule has 6 heteroatoms. The Bertz CT molecular complexity index is 361. The van der Waals surface area contributed by atoms with E-state index in [0.717, 1.165) is 18.9 Å². The van der Waals surface area contributed by atoms with Crippen molar-refractivity contribution in [3.63, 3.8) is 0 Å². The highest BCUT2D eigenvalue weighted by atomic mass is 19.3. The minimum absolute atomic E-state index is 0.135. The molecular formula is C12H16F3NO2. The van der Waals surface area contributed by atoms with E-state index in [4.69, 9.17) is 5.11 Å². The Labute approximate surface area is 104 Å². The summed E-state index contributed by atoms with van der Waals surface area (Å²) in [6.07, 6.45) is 2.31. The molecular weight excluding hydrogens is 247 g/mol. The second kappa shape index (κ2) is 7.81. The zero-order valence-electron chi connectivity index (χ0n) is 9.83. The maximum atomic E-state index is 12.9. The van der Waals surface area contributed by atoms with Crippen LogP contribution in [0.4, 0.5) is 18.9 Å². The molecule has 2 N–H and O–H groups in total. The van der Waals surface area contributed by atoms with Crippen molar-refractivity contribution in [3.05, 3.63) is 24.0 Å². The first-order chi connectivity index (χ1) is 8.63. The Hall–Kier alpha value is -1.43. The third-order valence-electron chi connectivity index (χ3n) is 2.31. The maximum Gasteiger partial charge on any atom is 0.387 e. The predicted octanol–water partition coefficient (Wildman–Crippen LogP) is 3.00. The summed E-state index contributed by atoms with van der Waals surface area (Å²) in [5.41, 5.74) is 0.334. The first kappa shape index (κ1) is 14.6. The van der Waals surface area contributed by atoms with Crippen molar-refractivity contribution in [2.45, 2.75) is 25.9 Å². The molecule has 0 saturated carbocycles. The number of hydrogen-bond donors (Lipinski definition) is 2. The van der Waals surface area contributed by atoms with Gasteiger partial charge in [0.1, 0.15) is 5.82 Å². The lowest BCUT2D eigenvalue weighted by atomic mass is 10.2. The quantitative estimate of drug-likeness (QED) is 0.708. The Morgan fingerprint density at radius 3 is 2.67 bits per heavy atom. The molecule has 0 bridgehead atoms. The van der Waals surface area contributed by atoms with Crippen LogP contribution in [0.25, 0.3) is 0 Å². The van der Waals surface area contributed by atoms with E-state index in [1.54, 1.807) is 0 Å². The summed E-state index contributed by atoms with van der Waals surface area (Å²) in [6.45, 7) is -2.30. The van der Waals surface area contributed by atoms with E-state index in [2.05, 4.69) is 10.1 Å². The van der Waals surface area contributed by atoms with Gasteiger partial charge in [-0.15, -0.1) is 0 Å². The number of rotatable bonds is 8. The molecule has 1 aromatic carbocycles. The third-order valence-corrected chi connectivity index (χ3v) is 2.31. The molecule has 0 aliphatic heterocycles. The van der Waals surface area contributed by atoms with E-state index >= 15 is 0 Å². The van der Waals surface area contributed by atoms with Crippen LogP contribution in [0.1, 0.15) is 19.3 Å². The van der Waals surface area contributed by atoms with Crippen LogP contribution < -0.4 is 10.1 Å². The number of halogens is 3. The van der Waals surface area contributed by atoms with Crippen LogP contribution in [0, 0.1) is 5.82 Å². The lowest BCUT2D eigenvalue weighted by molar-refractivity contribution is -0.0495. The number of nitrogens with one attached hydrogen (secondary N) is 1. The number of unbranched alkanes of at least 4 members (excludes halogenated alkanes) is 2. The second-order valence-corrected chi connectivity index (χ2v) is 3.73. The average molecular weight is 263 g/mol. The second-order valence-electron chi connectivity index (χ2n) is 3.73. The van der Waals surface area contributed by atoms with Gasteiger partial charge in [0.05, 0.1) is 5.69 Å². The molecule has 0 aromatic heterocycles. The fraction of sp³-hybridized carbons (Fsp3) is 0.500. The topological polar surface area (TPSA) is 41.5 Å². The van der Waals surface area contributed by atoms with Gasteiger partial charge < -0.3 is 15.2 Å². The van der Waals surface area contributed by atoms with Gasteiger partial charge in [0.2, 0.25) is 0 Å². The number of aliphatic hydroxyl groups is 1. The van der Waals surface area contributed by atoms with Crippen molar-refractivity contribution in [1.82, 2.24) is 0 Å². The van der Waals surface area contributed by atoms with E-state index in [1.165, 1.54) is 12.1 Å². The molecule has 3 nitrogen and oxygen atoms in total. The van der Waals surface area contributed by atoms with E-state index < -0.39 is 12.4 Å². The lowest BCUT2D eigenvalue weighted by Gasteiger charge is -2.12. The fourth-order valence-corrected chi connectivity index (χ4v) is 1.47. The van der Waals surface area contributed by atoms with E-state index in [1.807, 2.05) is 0 Å². The van der Waals surface area contributed by atoms with Crippen LogP contribution in [0.15, 0.2) is 18.2 Å². The molecule has 0 aliphatic rings. The van der Waals surface area contributed by atoms with Crippen LogP contribution in [-0.2, 0) is 0 Å². The monoisotopic (exact) mass is 263 g/mol. The van der Waals surface area contributed by atoms with Crippen LogP contribution in [-0.4, -0.2) is 24.9 Å². The molecule has 0 fully saturated rings. The SMILES string of the molecule is OCCCCCNc1ccc(F)cc1OC(F)F. The van der Waals surface area contributed by atoms with Gasteiger partial charge in [-0.2, -0.15) is 8.78 Å². The Morgan fingerprint density at radius 1 is 1.22 bits per heavy atom. The molecule has 18 heavy (non-hydrogen) atoms. The van der Waals surface area contributed by atoms with Crippen LogP contribution in [0.3, 0.4) is 0 Å². The number of alkyl halides is 2. The summed E-state index contributed by atoms with van der Waals surface area (Å²) < 4.78 is 41.4. The van der Waals surface area contributed by atoms with E-state index in [0.29, 0.717) is 18.7 Å². The molecule has 0 saturated heterocycles. The van der Waals surface area contributed by atoms with Crippen LogP contribution in [0.2, 0.25) is 0 Å². The first-order valence-corrected chi connectivity index (χ1v) is 5.72. The van der Waals surface area contributed by atoms with Gasteiger partial charge in [0, 0.05) is 19.2 Å². The molecule has 0 aliphatic carbocycles. The van der Waals surface area contributed by atoms with E-state index in [-0.39, 0.29) is 12.4 Å². The van der Waals surface area contributed by atoms with Crippen molar-refractivity contribution >= 4 is 5.69 Å². The van der Waals surface area contributed by atoms with Gasteiger partial charge in [0.15, 0.2) is 5.75 Å².